The maximum Gasteiger partial charge on any atom is 0.415 e. The SMILES string of the molecule is CCN(CC)C(=O)Oc1c(Br)ccc2c1ccc1c3ccccc3ccc21. The highest BCUT2D eigenvalue weighted by molar-refractivity contribution is 9.10. The van der Waals surface area contributed by atoms with Crippen LogP contribution in [0.1, 0.15) is 13.8 Å². The lowest BCUT2D eigenvalue weighted by Crippen LogP contribution is -2.33. The summed E-state index contributed by atoms with van der Waals surface area (Å²) in [4.78, 5) is 14.2. The summed E-state index contributed by atoms with van der Waals surface area (Å²) in [7, 11) is 0. The Labute approximate surface area is 166 Å². The van der Waals surface area contributed by atoms with E-state index in [1.54, 1.807) is 4.90 Å². The van der Waals surface area contributed by atoms with E-state index in [0.717, 1.165) is 20.6 Å². The molecule has 4 aromatic carbocycles. The van der Waals surface area contributed by atoms with Gasteiger partial charge in [-0.25, -0.2) is 4.79 Å². The van der Waals surface area contributed by atoms with Crippen LogP contribution in [0.15, 0.2) is 65.1 Å². The first-order chi connectivity index (χ1) is 13.1. The number of nitrogens with zero attached hydrogens (tertiary/aromatic N) is 1. The standard InChI is InChI=1S/C23H20BrNO2/c1-3-25(4-2)23(26)27-22-20-12-11-17-16-8-6-5-7-15(16)9-10-18(17)19(20)13-14-21(22)24/h5-14H,3-4H2,1-2H3. The number of carbonyl (C=O) groups is 1. The zero-order valence-corrected chi connectivity index (χ0v) is 16.9. The lowest BCUT2D eigenvalue weighted by Gasteiger charge is -2.19. The van der Waals surface area contributed by atoms with Gasteiger partial charge in [-0.05, 0) is 68.8 Å². The summed E-state index contributed by atoms with van der Waals surface area (Å²) >= 11 is 3.55. The zero-order chi connectivity index (χ0) is 19.0. The molecule has 3 nitrogen and oxygen atoms in total. The first kappa shape index (κ1) is 17.8. The molecule has 0 aliphatic heterocycles. The second-order valence-electron chi connectivity index (χ2n) is 6.46. The molecule has 27 heavy (non-hydrogen) atoms. The number of rotatable bonds is 3. The largest absolute Gasteiger partial charge is 0.415 e. The van der Waals surface area contributed by atoms with E-state index in [-0.39, 0.29) is 6.09 Å². The van der Waals surface area contributed by atoms with Crippen molar-refractivity contribution in [2.75, 3.05) is 13.1 Å². The van der Waals surface area contributed by atoms with Crippen LogP contribution < -0.4 is 4.74 Å². The molecule has 0 N–H and O–H groups in total. The quantitative estimate of drug-likeness (QED) is 0.342. The molecule has 0 fully saturated rings. The fourth-order valence-corrected chi connectivity index (χ4v) is 4.01. The lowest BCUT2D eigenvalue weighted by atomic mass is 9.97. The van der Waals surface area contributed by atoms with Gasteiger partial charge in [0.25, 0.3) is 0 Å². The normalized spacial score (nSPS) is 11.2. The fraction of sp³-hybridized carbons (Fsp3) is 0.174. The number of hydrogen-bond acceptors (Lipinski definition) is 2. The maximum absolute atomic E-state index is 12.5. The number of fused-ring (bicyclic) bond motifs is 5. The van der Waals surface area contributed by atoms with Gasteiger partial charge in [-0.15, -0.1) is 0 Å². The second kappa shape index (κ2) is 7.20. The molecule has 0 heterocycles. The molecule has 4 heteroatoms. The molecule has 0 aliphatic rings. The number of amides is 1. The number of carbonyl (C=O) groups excluding carboxylic acids is 1. The van der Waals surface area contributed by atoms with Crippen LogP contribution in [0.3, 0.4) is 0 Å². The molecule has 0 saturated carbocycles. The Hall–Kier alpha value is -2.59. The van der Waals surface area contributed by atoms with Gasteiger partial charge in [-0.3, -0.25) is 0 Å². The van der Waals surface area contributed by atoms with Gasteiger partial charge in [0.2, 0.25) is 0 Å². The highest BCUT2D eigenvalue weighted by Crippen LogP contribution is 2.39. The lowest BCUT2D eigenvalue weighted by molar-refractivity contribution is 0.157. The van der Waals surface area contributed by atoms with E-state index in [9.17, 15) is 4.79 Å². The third kappa shape index (κ3) is 3.04. The Bertz CT molecular complexity index is 1170. The van der Waals surface area contributed by atoms with Crippen molar-refractivity contribution in [3.63, 3.8) is 0 Å². The van der Waals surface area contributed by atoms with Gasteiger partial charge in [0.15, 0.2) is 5.75 Å². The van der Waals surface area contributed by atoms with E-state index in [0.29, 0.717) is 18.8 Å². The van der Waals surface area contributed by atoms with Crippen molar-refractivity contribution in [2.45, 2.75) is 13.8 Å². The van der Waals surface area contributed by atoms with E-state index in [1.165, 1.54) is 16.2 Å². The van der Waals surface area contributed by atoms with Crippen LogP contribution in [-0.4, -0.2) is 24.1 Å². The highest BCUT2D eigenvalue weighted by atomic mass is 79.9. The minimum atomic E-state index is -0.327. The van der Waals surface area contributed by atoms with E-state index in [1.807, 2.05) is 26.0 Å². The van der Waals surface area contributed by atoms with Crippen molar-refractivity contribution < 1.29 is 9.53 Å². The first-order valence-corrected chi connectivity index (χ1v) is 9.92. The third-order valence-corrected chi connectivity index (χ3v) is 5.66. The molecule has 1 amide bonds. The van der Waals surface area contributed by atoms with Crippen LogP contribution in [0.5, 0.6) is 5.75 Å². The first-order valence-electron chi connectivity index (χ1n) is 9.13. The maximum atomic E-state index is 12.5. The molecule has 0 aromatic heterocycles. The molecule has 0 saturated heterocycles. The van der Waals surface area contributed by atoms with Crippen molar-refractivity contribution in [3.05, 3.63) is 65.1 Å². The number of benzene rings is 4. The number of halogens is 1. The van der Waals surface area contributed by atoms with Gasteiger partial charge in [-0.2, -0.15) is 0 Å². The molecule has 4 rings (SSSR count). The average Bonchev–Trinajstić information content (AvgIpc) is 2.70. The Morgan fingerprint density at radius 3 is 2.19 bits per heavy atom. The van der Waals surface area contributed by atoms with Crippen LogP contribution in [0.2, 0.25) is 0 Å². The monoisotopic (exact) mass is 421 g/mol. The molecule has 0 spiro atoms. The van der Waals surface area contributed by atoms with Crippen LogP contribution in [0.25, 0.3) is 32.3 Å². The van der Waals surface area contributed by atoms with Crippen molar-refractivity contribution in [1.29, 1.82) is 0 Å². The predicted octanol–water partition coefficient (Wildman–Crippen LogP) is 6.75. The van der Waals surface area contributed by atoms with E-state index in [2.05, 4.69) is 64.5 Å². The van der Waals surface area contributed by atoms with Gasteiger partial charge in [0.1, 0.15) is 0 Å². The Balaban J connectivity index is 1.93. The molecule has 0 bridgehead atoms. The summed E-state index contributed by atoms with van der Waals surface area (Å²) in [6.45, 7) is 5.13. The van der Waals surface area contributed by atoms with Gasteiger partial charge in [0, 0.05) is 18.5 Å². The third-order valence-electron chi connectivity index (χ3n) is 5.04. The Morgan fingerprint density at radius 1 is 0.815 bits per heavy atom. The fourth-order valence-electron chi connectivity index (χ4n) is 3.59. The summed E-state index contributed by atoms with van der Waals surface area (Å²) in [5.74, 6) is 0.569. The number of hydrogen-bond donors (Lipinski definition) is 0. The molecule has 4 aromatic rings. The Kier molecular flexibility index (Phi) is 4.75. The van der Waals surface area contributed by atoms with Crippen molar-refractivity contribution >= 4 is 54.3 Å². The zero-order valence-electron chi connectivity index (χ0n) is 15.3. The van der Waals surface area contributed by atoms with Crippen molar-refractivity contribution in [1.82, 2.24) is 4.90 Å². The molecular formula is C23H20BrNO2. The molecule has 0 aliphatic carbocycles. The van der Waals surface area contributed by atoms with Crippen LogP contribution in [0, 0.1) is 0 Å². The van der Waals surface area contributed by atoms with E-state index < -0.39 is 0 Å². The summed E-state index contributed by atoms with van der Waals surface area (Å²) < 4.78 is 6.55. The predicted molar refractivity (Wildman–Crippen MR) is 116 cm³/mol. The van der Waals surface area contributed by atoms with Gasteiger partial charge in [0.05, 0.1) is 4.47 Å². The molecule has 0 atom stereocenters. The smallest absolute Gasteiger partial charge is 0.408 e. The van der Waals surface area contributed by atoms with Gasteiger partial charge >= 0.3 is 6.09 Å². The highest BCUT2D eigenvalue weighted by Gasteiger charge is 2.17. The summed E-state index contributed by atoms with van der Waals surface area (Å²) in [6, 6.07) is 20.8. The molecule has 0 unspecified atom stereocenters. The average molecular weight is 422 g/mol. The van der Waals surface area contributed by atoms with Gasteiger partial charge in [-0.1, -0.05) is 48.5 Å². The summed E-state index contributed by atoms with van der Waals surface area (Å²) in [5, 5.41) is 6.79. The molecule has 0 radical (unpaired) electrons. The second-order valence-corrected chi connectivity index (χ2v) is 7.31. The summed E-state index contributed by atoms with van der Waals surface area (Å²) in [5.41, 5.74) is 0. The van der Waals surface area contributed by atoms with Gasteiger partial charge < -0.3 is 9.64 Å². The minimum absolute atomic E-state index is 0.327. The molecular weight excluding hydrogens is 402 g/mol. The topological polar surface area (TPSA) is 29.5 Å². The van der Waals surface area contributed by atoms with E-state index in [4.69, 9.17) is 4.74 Å². The summed E-state index contributed by atoms with van der Waals surface area (Å²) in [6.07, 6.45) is -0.327. The van der Waals surface area contributed by atoms with Crippen LogP contribution >= 0.6 is 15.9 Å². The minimum Gasteiger partial charge on any atom is -0.408 e. The molecule has 136 valence electrons. The Morgan fingerprint density at radius 2 is 1.41 bits per heavy atom. The van der Waals surface area contributed by atoms with Crippen LogP contribution in [0.4, 0.5) is 4.79 Å². The number of ether oxygens (including phenoxy) is 1. The van der Waals surface area contributed by atoms with E-state index >= 15 is 0 Å². The van der Waals surface area contributed by atoms with Crippen LogP contribution in [-0.2, 0) is 0 Å². The van der Waals surface area contributed by atoms with Crippen molar-refractivity contribution in [2.24, 2.45) is 0 Å². The van der Waals surface area contributed by atoms with Crippen molar-refractivity contribution in [3.8, 4) is 5.75 Å².